The van der Waals surface area contributed by atoms with Gasteiger partial charge in [0.25, 0.3) is 0 Å². The van der Waals surface area contributed by atoms with Crippen LogP contribution in [0.1, 0.15) is 69.0 Å². The van der Waals surface area contributed by atoms with Crippen molar-refractivity contribution < 1.29 is 0 Å². The van der Waals surface area contributed by atoms with Crippen molar-refractivity contribution in [1.82, 2.24) is 14.9 Å². The van der Waals surface area contributed by atoms with Crippen molar-refractivity contribution in [3.8, 4) is 0 Å². The van der Waals surface area contributed by atoms with Gasteiger partial charge in [-0.3, -0.25) is 0 Å². The van der Waals surface area contributed by atoms with E-state index in [4.69, 9.17) is 0 Å². The molecule has 1 aliphatic carbocycles. The lowest BCUT2D eigenvalue weighted by Crippen LogP contribution is -2.25. The number of hydrogen-bond donors (Lipinski definition) is 1. The molecular weight excluding hydrogens is 222 g/mol. The number of hydrogen-bond acceptors (Lipinski definition) is 2. The first-order valence-electron chi connectivity index (χ1n) is 7.67. The third-order valence-electron chi connectivity index (χ3n) is 4.63. The van der Waals surface area contributed by atoms with Crippen molar-refractivity contribution >= 4 is 0 Å². The summed E-state index contributed by atoms with van der Waals surface area (Å²) in [5.41, 5.74) is 1.50. The van der Waals surface area contributed by atoms with Crippen LogP contribution in [0.2, 0.25) is 0 Å². The minimum absolute atomic E-state index is 0.631. The highest BCUT2D eigenvalue weighted by atomic mass is 15.1. The summed E-state index contributed by atoms with van der Waals surface area (Å²) in [6.45, 7) is 2.31. The minimum atomic E-state index is 0.631. The summed E-state index contributed by atoms with van der Waals surface area (Å²) in [6, 6.07) is 0.631. The van der Waals surface area contributed by atoms with Crippen LogP contribution in [0, 0.1) is 0 Å². The third kappa shape index (κ3) is 2.61. The first kappa shape index (κ1) is 12.2. The van der Waals surface area contributed by atoms with Crippen LogP contribution in [-0.4, -0.2) is 22.6 Å². The lowest BCUT2D eigenvalue weighted by molar-refractivity contribution is 0.390. The fourth-order valence-electron chi connectivity index (χ4n) is 3.57. The molecule has 2 fully saturated rings. The molecule has 100 valence electrons. The van der Waals surface area contributed by atoms with Crippen molar-refractivity contribution in [2.45, 2.75) is 63.3 Å². The Labute approximate surface area is 110 Å². The molecule has 1 aromatic rings. The normalized spacial score (nSPS) is 27.0. The second kappa shape index (κ2) is 5.87. The van der Waals surface area contributed by atoms with Gasteiger partial charge in [0.2, 0.25) is 0 Å². The van der Waals surface area contributed by atoms with Crippen LogP contribution >= 0.6 is 0 Å². The van der Waals surface area contributed by atoms with E-state index in [0.29, 0.717) is 6.04 Å². The molecule has 18 heavy (non-hydrogen) atoms. The van der Waals surface area contributed by atoms with Gasteiger partial charge in [-0.1, -0.05) is 25.7 Å². The molecule has 1 aliphatic heterocycles. The van der Waals surface area contributed by atoms with Crippen molar-refractivity contribution in [3.05, 3.63) is 18.2 Å². The highest BCUT2D eigenvalue weighted by Crippen LogP contribution is 2.34. The van der Waals surface area contributed by atoms with Gasteiger partial charge in [-0.25, -0.2) is 4.98 Å². The zero-order valence-corrected chi connectivity index (χ0v) is 11.3. The molecule has 1 unspecified atom stereocenters. The SMILES string of the molecule is c1ncn(C2CCCCNC2)c1C1CCCCC1. The van der Waals surface area contributed by atoms with E-state index in [0.717, 1.165) is 12.5 Å². The molecule has 1 saturated heterocycles. The molecule has 0 bridgehead atoms. The van der Waals surface area contributed by atoms with E-state index in [1.54, 1.807) is 0 Å². The summed E-state index contributed by atoms with van der Waals surface area (Å²) in [7, 11) is 0. The molecule has 0 radical (unpaired) electrons. The molecule has 2 aliphatic rings. The zero-order valence-electron chi connectivity index (χ0n) is 11.3. The number of nitrogens with one attached hydrogen (secondary N) is 1. The van der Waals surface area contributed by atoms with Crippen molar-refractivity contribution in [1.29, 1.82) is 0 Å². The van der Waals surface area contributed by atoms with Gasteiger partial charge in [-0.15, -0.1) is 0 Å². The van der Waals surface area contributed by atoms with Gasteiger partial charge in [0, 0.05) is 30.4 Å². The number of nitrogens with zero attached hydrogens (tertiary/aromatic N) is 2. The molecule has 1 saturated carbocycles. The monoisotopic (exact) mass is 247 g/mol. The second-order valence-electron chi connectivity index (χ2n) is 5.91. The molecule has 0 amide bonds. The average molecular weight is 247 g/mol. The Morgan fingerprint density at radius 1 is 1.06 bits per heavy atom. The molecule has 1 N–H and O–H groups in total. The van der Waals surface area contributed by atoms with Crippen LogP contribution in [0.25, 0.3) is 0 Å². The lowest BCUT2D eigenvalue weighted by Gasteiger charge is -2.26. The fourth-order valence-corrected chi connectivity index (χ4v) is 3.57. The molecule has 0 aromatic carbocycles. The van der Waals surface area contributed by atoms with E-state index in [1.807, 2.05) is 0 Å². The Hall–Kier alpha value is -0.830. The van der Waals surface area contributed by atoms with E-state index >= 15 is 0 Å². The van der Waals surface area contributed by atoms with E-state index in [-0.39, 0.29) is 0 Å². The van der Waals surface area contributed by atoms with Gasteiger partial charge < -0.3 is 9.88 Å². The van der Waals surface area contributed by atoms with E-state index < -0.39 is 0 Å². The number of aromatic nitrogens is 2. The molecular formula is C15H25N3. The van der Waals surface area contributed by atoms with Gasteiger partial charge in [0.15, 0.2) is 0 Å². The van der Waals surface area contributed by atoms with Crippen molar-refractivity contribution in [2.24, 2.45) is 0 Å². The summed E-state index contributed by atoms with van der Waals surface area (Å²) in [5.74, 6) is 0.768. The maximum absolute atomic E-state index is 4.44. The Morgan fingerprint density at radius 3 is 2.78 bits per heavy atom. The zero-order chi connectivity index (χ0) is 12.2. The first-order chi connectivity index (χ1) is 8.95. The van der Waals surface area contributed by atoms with Crippen LogP contribution in [0.4, 0.5) is 0 Å². The van der Waals surface area contributed by atoms with E-state index in [1.165, 1.54) is 63.6 Å². The first-order valence-corrected chi connectivity index (χ1v) is 7.67. The molecule has 3 rings (SSSR count). The fraction of sp³-hybridized carbons (Fsp3) is 0.800. The predicted molar refractivity (Wildman–Crippen MR) is 73.8 cm³/mol. The summed E-state index contributed by atoms with van der Waals surface area (Å²) >= 11 is 0. The number of imidazole rings is 1. The van der Waals surface area contributed by atoms with Crippen LogP contribution in [-0.2, 0) is 0 Å². The Morgan fingerprint density at radius 2 is 1.89 bits per heavy atom. The van der Waals surface area contributed by atoms with Gasteiger partial charge >= 0.3 is 0 Å². The maximum atomic E-state index is 4.44. The summed E-state index contributed by atoms with van der Waals surface area (Å²) in [5, 5.41) is 3.57. The van der Waals surface area contributed by atoms with Gasteiger partial charge in [0.05, 0.1) is 6.33 Å². The summed E-state index contributed by atoms with van der Waals surface area (Å²) in [4.78, 5) is 4.44. The lowest BCUT2D eigenvalue weighted by atomic mass is 9.87. The van der Waals surface area contributed by atoms with E-state index in [9.17, 15) is 0 Å². The predicted octanol–water partition coefficient (Wildman–Crippen LogP) is 3.25. The van der Waals surface area contributed by atoms with Gasteiger partial charge in [-0.05, 0) is 32.2 Å². The van der Waals surface area contributed by atoms with Crippen LogP contribution in [0.5, 0.6) is 0 Å². The summed E-state index contributed by atoms with van der Waals surface area (Å²) < 4.78 is 2.48. The molecule has 3 nitrogen and oxygen atoms in total. The van der Waals surface area contributed by atoms with Crippen LogP contribution < -0.4 is 5.32 Å². The van der Waals surface area contributed by atoms with Gasteiger partial charge in [-0.2, -0.15) is 0 Å². The van der Waals surface area contributed by atoms with Crippen LogP contribution in [0.3, 0.4) is 0 Å². The Balaban J connectivity index is 1.76. The molecule has 1 aromatic heterocycles. The van der Waals surface area contributed by atoms with Crippen molar-refractivity contribution in [3.63, 3.8) is 0 Å². The highest BCUT2D eigenvalue weighted by Gasteiger charge is 2.22. The maximum Gasteiger partial charge on any atom is 0.0951 e. The smallest absolute Gasteiger partial charge is 0.0951 e. The summed E-state index contributed by atoms with van der Waals surface area (Å²) in [6.07, 6.45) is 15.1. The Kier molecular flexibility index (Phi) is 3.99. The van der Waals surface area contributed by atoms with Crippen molar-refractivity contribution in [2.75, 3.05) is 13.1 Å². The standard InChI is InChI=1S/C15H25N3/c1-2-6-13(7-3-1)15-11-17-12-18(15)14-8-4-5-9-16-10-14/h11-14,16H,1-10H2. The second-order valence-corrected chi connectivity index (χ2v) is 5.91. The van der Waals surface area contributed by atoms with Crippen LogP contribution in [0.15, 0.2) is 12.5 Å². The third-order valence-corrected chi connectivity index (χ3v) is 4.63. The Bertz CT molecular complexity index is 358. The largest absolute Gasteiger partial charge is 0.330 e. The highest BCUT2D eigenvalue weighted by molar-refractivity contribution is 5.09. The molecule has 2 heterocycles. The van der Waals surface area contributed by atoms with E-state index in [2.05, 4.69) is 27.4 Å². The van der Waals surface area contributed by atoms with Gasteiger partial charge in [0.1, 0.15) is 0 Å². The topological polar surface area (TPSA) is 29.9 Å². The molecule has 3 heteroatoms. The quantitative estimate of drug-likeness (QED) is 0.869. The average Bonchev–Trinajstić information content (AvgIpc) is 2.75. The molecule has 1 atom stereocenters. The molecule has 0 spiro atoms. The minimum Gasteiger partial charge on any atom is -0.330 e. The number of rotatable bonds is 2.